The molecule has 0 amide bonds. The fourth-order valence-electron chi connectivity index (χ4n) is 3.92. The maximum Gasteiger partial charge on any atom is 0.329 e. The first kappa shape index (κ1) is 17.6. The number of H-pyrrole nitrogens is 1. The van der Waals surface area contributed by atoms with Crippen LogP contribution in [-0.4, -0.2) is 25.1 Å². The summed E-state index contributed by atoms with van der Waals surface area (Å²) in [6, 6.07) is 8.56. The molecule has 27 heavy (non-hydrogen) atoms. The molecule has 2 heterocycles. The molecule has 0 spiro atoms. The lowest BCUT2D eigenvalue weighted by atomic mass is 9.96. The van der Waals surface area contributed by atoms with E-state index in [4.69, 9.17) is 0 Å². The quantitative estimate of drug-likeness (QED) is 0.742. The van der Waals surface area contributed by atoms with Gasteiger partial charge in [-0.25, -0.2) is 4.79 Å². The van der Waals surface area contributed by atoms with E-state index in [9.17, 15) is 9.59 Å². The maximum atomic E-state index is 12.6. The molecule has 0 radical (unpaired) electrons. The van der Waals surface area contributed by atoms with Gasteiger partial charge in [0.2, 0.25) is 5.95 Å². The lowest BCUT2D eigenvalue weighted by Gasteiger charge is -2.23. The number of nitrogens with one attached hydrogen (secondary N) is 2. The molecule has 4 rings (SSSR count). The van der Waals surface area contributed by atoms with Crippen molar-refractivity contribution in [3.63, 3.8) is 0 Å². The molecule has 0 aliphatic heterocycles. The highest BCUT2D eigenvalue weighted by Crippen LogP contribution is 2.24. The van der Waals surface area contributed by atoms with E-state index in [0.29, 0.717) is 29.7 Å². The second kappa shape index (κ2) is 7.06. The van der Waals surface area contributed by atoms with Crippen molar-refractivity contribution >= 4 is 17.1 Å². The van der Waals surface area contributed by atoms with Crippen molar-refractivity contribution in [1.29, 1.82) is 0 Å². The van der Waals surface area contributed by atoms with Crippen LogP contribution in [0.1, 0.15) is 43.2 Å². The minimum absolute atomic E-state index is 0.350. The molecule has 1 aromatic carbocycles. The molecule has 3 aromatic rings. The summed E-state index contributed by atoms with van der Waals surface area (Å²) in [5, 5.41) is 3.53. The van der Waals surface area contributed by atoms with Gasteiger partial charge in [-0.1, -0.05) is 49.1 Å². The molecule has 0 saturated heterocycles. The number of benzene rings is 1. The fourth-order valence-corrected chi connectivity index (χ4v) is 3.92. The van der Waals surface area contributed by atoms with Gasteiger partial charge in [0.1, 0.15) is 0 Å². The molecule has 1 aliphatic carbocycles. The predicted octanol–water partition coefficient (Wildman–Crippen LogP) is 2.52. The van der Waals surface area contributed by atoms with Gasteiger partial charge in [-0.3, -0.25) is 18.9 Å². The van der Waals surface area contributed by atoms with E-state index in [1.807, 2.05) is 29.7 Å². The maximum absolute atomic E-state index is 12.6. The number of fused-ring (bicyclic) bond motifs is 1. The largest absolute Gasteiger partial charge is 0.353 e. The number of anilines is 1. The van der Waals surface area contributed by atoms with E-state index in [0.717, 1.165) is 18.4 Å². The number of hydrogen-bond donors (Lipinski definition) is 2. The Bertz CT molecular complexity index is 1090. The average molecular weight is 367 g/mol. The highest BCUT2D eigenvalue weighted by Gasteiger charge is 2.21. The lowest BCUT2D eigenvalue weighted by Crippen LogP contribution is -2.29. The molecule has 1 aliphatic rings. The summed E-state index contributed by atoms with van der Waals surface area (Å²) in [5.74, 6) is 0.658. The van der Waals surface area contributed by atoms with Crippen LogP contribution in [-0.2, 0) is 13.6 Å². The highest BCUT2D eigenvalue weighted by atomic mass is 16.2. The molecule has 0 bridgehead atoms. The number of aryl methyl sites for hydroxylation is 2. The van der Waals surface area contributed by atoms with Crippen LogP contribution in [0.3, 0.4) is 0 Å². The smallest absolute Gasteiger partial charge is 0.329 e. The van der Waals surface area contributed by atoms with Crippen molar-refractivity contribution in [2.24, 2.45) is 7.05 Å². The summed E-state index contributed by atoms with van der Waals surface area (Å²) in [5.41, 5.74) is 2.25. The molecular formula is C20H25N5O2. The Morgan fingerprint density at radius 2 is 2.00 bits per heavy atom. The van der Waals surface area contributed by atoms with Gasteiger partial charge in [-0.2, -0.15) is 4.98 Å². The predicted molar refractivity (Wildman–Crippen MR) is 106 cm³/mol. The van der Waals surface area contributed by atoms with E-state index in [-0.39, 0.29) is 0 Å². The zero-order valence-corrected chi connectivity index (χ0v) is 15.8. The van der Waals surface area contributed by atoms with Gasteiger partial charge in [0.25, 0.3) is 5.56 Å². The minimum atomic E-state index is -0.447. The van der Waals surface area contributed by atoms with Gasteiger partial charge in [0.05, 0.1) is 6.54 Å². The van der Waals surface area contributed by atoms with Gasteiger partial charge in [-0.05, 0) is 25.3 Å². The number of aromatic amines is 1. The van der Waals surface area contributed by atoms with Crippen molar-refractivity contribution in [1.82, 2.24) is 19.1 Å². The summed E-state index contributed by atoms with van der Waals surface area (Å²) < 4.78 is 3.30. The molecule has 142 valence electrons. The second-order valence-corrected chi connectivity index (χ2v) is 7.48. The van der Waals surface area contributed by atoms with Crippen LogP contribution in [0.15, 0.2) is 33.9 Å². The van der Waals surface area contributed by atoms with Crippen LogP contribution in [0.5, 0.6) is 0 Å². The Morgan fingerprint density at radius 3 is 2.74 bits per heavy atom. The topological polar surface area (TPSA) is 84.7 Å². The zero-order valence-electron chi connectivity index (χ0n) is 15.8. The van der Waals surface area contributed by atoms with Gasteiger partial charge in [0, 0.05) is 13.1 Å². The number of nitrogens with zero attached hydrogens (tertiary/aromatic N) is 3. The van der Waals surface area contributed by atoms with E-state index < -0.39 is 11.2 Å². The van der Waals surface area contributed by atoms with Gasteiger partial charge in [-0.15, -0.1) is 0 Å². The third-order valence-electron chi connectivity index (χ3n) is 5.37. The van der Waals surface area contributed by atoms with E-state index >= 15 is 0 Å². The highest BCUT2D eigenvalue weighted by molar-refractivity contribution is 5.74. The van der Waals surface area contributed by atoms with E-state index in [1.54, 1.807) is 7.05 Å². The Balaban J connectivity index is 1.84. The molecule has 7 heteroatoms. The van der Waals surface area contributed by atoms with Crippen LogP contribution < -0.4 is 16.6 Å². The summed E-state index contributed by atoms with van der Waals surface area (Å²) >= 11 is 0. The first-order valence-corrected chi connectivity index (χ1v) is 9.54. The monoisotopic (exact) mass is 367 g/mol. The standard InChI is InChI=1S/C20H25N5O2/c1-13-7-6-8-14(11-13)12-25-16-17(24(2)20(27)23-18(16)26)22-19(25)21-15-9-4-3-5-10-15/h6-8,11,15H,3-5,9-10,12H2,1-2H3,(H,21,22)(H,23,26,27). The van der Waals surface area contributed by atoms with E-state index in [2.05, 4.69) is 21.4 Å². The summed E-state index contributed by atoms with van der Waals surface area (Å²) in [4.78, 5) is 31.6. The van der Waals surface area contributed by atoms with Crippen LogP contribution in [0.4, 0.5) is 5.95 Å². The molecule has 1 fully saturated rings. The van der Waals surface area contributed by atoms with Crippen molar-refractivity contribution < 1.29 is 0 Å². The van der Waals surface area contributed by atoms with Gasteiger partial charge < -0.3 is 5.32 Å². The summed E-state index contributed by atoms with van der Waals surface area (Å²) in [6.07, 6.45) is 5.88. The third kappa shape index (κ3) is 3.41. The molecule has 7 nitrogen and oxygen atoms in total. The summed E-state index contributed by atoms with van der Waals surface area (Å²) in [6.45, 7) is 2.57. The van der Waals surface area contributed by atoms with Crippen molar-refractivity contribution in [3.05, 3.63) is 56.2 Å². The fraction of sp³-hybridized carbons (Fsp3) is 0.450. The molecule has 1 saturated carbocycles. The van der Waals surface area contributed by atoms with Crippen molar-refractivity contribution in [2.45, 2.75) is 51.6 Å². The molecule has 2 aromatic heterocycles. The molecule has 2 N–H and O–H groups in total. The Morgan fingerprint density at radius 1 is 1.22 bits per heavy atom. The first-order valence-electron chi connectivity index (χ1n) is 9.54. The second-order valence-electron chi connectivity index (χ2n) is 7.48. The van der Waals surface area contributed by atoms with Crippen LogP contribution in [0, 0.1) is 6.92 Å². The molecular weight excluding hydrogens is 342 g/mol. The number of imidazole rings is 1. The first-order chi connectivity index (χ1) is 13.0. The molecule has 0 atom stereocenters. The van der Waals surface area contributed by atoms with Crippen molar-refractivity contribution in [2.75, 3.05) is 5.32 Å². The van der Waals surface area contributed by atoms with Gasteiger partial charge >= 0.3 is 5.69 Å². The number of aromatic nitrogens is 4. The third-order valence-corrected chi connectivity index (χ3v) is 5.37. The zero-order chi connectivity index (χ0) is 19.0. The van der Waals surface area contributed by atoms with Crippen LogP contribution in [0.25, 0.3) is 11.2 Å². The number of hydrogen-bond acceptors (Lipinski definition) is 4. The van der Waals surface area contributed by atoms with Crippen LogP contribution in [0.2, 0.25) is 0 Å². The summed E-state index contributed by atoms with van der Waals surface area (Å²) in [7, 11) is 1.63. The Kier molecular flexibility index (Phi) is 4.59. The Labute approximate surface area is 157 Å². The Hall–Kier alpha value is -2.83. The van der Waals surface area contributed by atoms with Crippen molar-refractivity contribution in [3.8, 4) is 0 Å². The average Bonchev–Trinajstić information content (AvgIpc) is 2.99. The number of rotatable bonds is 4. The van der Waals surface area contributed by atoms with E-state index in [1.165, 1.54) is 29.4 Å². The normalized spacial score (nSPS) is 15.3. The lowest BCUT2D eigenvalue weighted by molar-refractivity contribution is 0.459. The van der Waals surface area contributed by atoms with Gasteiger partial charge in [0.15, 0.2) is 11.2 Å². The SMILES string of the molecule is Cc1cccc(Cn2c(NC3CCCCC3)nc3c2c(=O)[nH]c(=O)n3C)c1. The van der Waals surface area contributed by atoms with Crippen LogP contribution >= 0.6 is 0 Å². The molecule has 0 unspecified atom stereocenters. The minimum Gasteiger partial charge on any atom is -0.353 e.